The van der Waals surface area contributed by atoms with E-state index in [9.17, 15) is 9.59 Å². The van der Waals surface area contributed by atoms with Gasteiger partial charge < -0.3 is 4.74 Å². The first kappa shape index (κ1) is 16.8. The molecule has 22 heavy (non-hydrogen) atoms. The molecule has 1 aromatic carbocycles. The Balaban J connectivity index is 1.85. The molecule has 0 bridgehead atoms. The maximum absolute atomic E-state index is 11.9. The second kappa shape index (κ2) is 7.62. The molecule has 2 rings (SSSR count). The zero-order valence-corrected chi connectivity index (χ0v) is 14.6. The lowest BCUT2D eigenvalue weighted by molar-refractivity contribution is -0.128. The van der Waals surface area contributed by atoms with E-state index < -0.39 is 17.9 Å². The average molecular weight is 404 g/mol. The summed E-state index contributed by atoms with van der Waals surface area (Å²) in [6.07, 6.45) is -0.762. The predicted molar refractivity (Wildman–Crippen MR) is 89.2 cm³/mol. The molecule has 0 radical (unpaired) electrons. The van der Waals surface area contributed by atoms with Gasteiger partial charge >= 0.3 is 0 Å². The summed E-state index contributed by atoms with van der Waals surface area (Å²) < 4.78 is 6.84. The van der Waals surface area contributed by atoms with E-state index in [0.29, 0.717) is 15.0 Å². The molecule has 2 amide bonds. The van der Waals surface area contributed by atoms with E-state index in [-0.39, 0.29) is 0 Å². The largest absolute Gasteiger partial charge is 0.481 e. The topological polar surface area (TPSA) is 67.4 Å². The number of carbonyl (C=O) groups excluding carboxylic acids is 2. The van der Waals surface area contributed by atoms with E-state index in [1.807, 2.05) is 6.07 Å². The molecular weight excluding hydrogens is 392 g/mol. The van der Waals surface area contributed by atoms with Gasteiger partial charge in [0.1, 0.15) is 5.75 Å². The number of hydrogen-bond acceptors (Lipinski definition) is 4. The molecule has 8 heteroatoms. The second-order valence-corrected chi connectivity index (χ2v) is 6.90. The molecule has 1 atom stereocenters. The minimum absolute atomic E-state index is 0.408. The van der Waals surface area contributed by atoms with Gasteiger partial charge in [0.2, 0.25) is 0 Å². The maximum Gasteiger partial charge on any atom is 0.279 e. The Morgan fingerprint density at radius 2 is 2.05 bits per heavy atom. The number of thiophene rings is 1. The molecule has 5 nitrogen and oxygen atoms in total. The summed E-state index contributed by atoms with van der Waals surface area (Å²) in [5.74, 6) is -0.343. The lowest BCUT2D eigenvalue weighted by Gasteiger charge is -2.15. The second-order valence-electron chi connectivity index (χ2n) is 4.26. The van der Waals surface area contributed by atoms with Gasteiger partial charge in [-0.05, 0) is 37.3 Å². The summed E-state index contributed by atoms with van der Waals surface area (Å²) in [7, 11) is 0. The van der Waals surface area contributed by atoms with Gasteiger partial charge in [-0.15, -0.1) is 11.3 Å². The number of nitrogens with one attached hydrogen (secondary N) is 2. The van der Waals surface area contributed by atoms with Crippen LogP contribution in [-0.2, 0) is 4.79 Å². The van der Waals surface area contributed by atoms with Gasteiger partial charge in [-0.1, -0.05) is 33.6 Å². The Hall–Kier alpha value is -1.57. The third-order valence-corrected chi connectivity index (χ3v) is 4.30. The van der Waals surface area contributed by atoms with Gasteiger partial charge in [-0.25, -0.2) is 0 Å². The SMILES string of the molecule is C[C@H](Oc1cccc(Br)c1)C(=O)NNC(=O)c1ccc(Cl)s1. The molecule has 1 aromatic heterocycles. The van der Waals surface area contributed by atoms with Crippen LogP contribution in [-0.4, -0.2) is 17.9 Å². The number of ether oxygens (including phenoxy) is 1. The summed E-state index contributed by atoms with van der Waals surface area (Å²) in [5.41, 5.74) is 4.63. The van der Waals surface area contributed by atoms with Crippen molar-refractivity contribution in [3.05, 3.63) is 50.1 Å². The van der Waals surface area contributed by atoms with Crippen LogP contribution in [0.25, 0.3) is 0 Å². The average Bonchev–Trinajstić information content (AvgIpc) is 2.91. The first-order chi connectivity index (χ1) is 10.5. The van der Waals surface area contributed by atoms with E-state index in [2.05, 4.69) is 26.8 Å². The zero-order chi connectivity index (χ0) is 16.1. The van der Waals surface area contributed by atoms with E-state index in [1.54, 1.807) is 37.3 Å². The van der Waals surface area contributed by atoms with Crippen molar-refractivity contribution >= 4 is 50.7 Å². The molecule has 0 fully saturated rings. The molecule has 0 aliphatic carbocycles. The van der Waals surface area contributed by atoms with Gasteiger partial charge in [-0.2, -0.15) is 0 Å². The molecule has 0 saturated heterocycles. The van der Waals surface area contributed by atoms with E-state index >= 15 is 0 Å². The van der Waals surface area contributed by atoms with Gasteiger partial charge in [-0.3, -0.25) is 20.4 Å². The van der Waals surface area contributed by atoms with Crippen molar-refractivity contribution < 1.29 is 14.3 Å². The third-order valence-electron chi connectivity index (χ3n) is 2.57. The number of halogens is 2. The normalized spacial score (nSPS) is 11.6. The van der Waals surface area contributed by atoms with Gasteiger partial charge in [0, 0.05) is 4.47 Å². The number of carbonyl (C=O) groups is 2. The van der Waals surface area contributed by atoms with Crippen LogP contribution in [0.2, 0.25) is 4.34 Å². The fourth-order valence-electron chi connectivity index (χ4n) is 1.52. The fraction of sp³-hybridized carbons (Fsp3) is 0.143. The Morgan fingerprint density at radius 1 is 1.27 bits per heavy atom. The Morgan fingerprint density at radius 3 is 2.68 bits per heavy atom. The van der Waals surface area contributed by atoms with E-state index in [4.69, 9.17) is 16.3 Å². The van der Waals surface area contributed by atoms with Crippen LogP contribution >= 0.6 is 38.9 Å². The highest BCUT2D eigenvalue weighted by Gasteiger charge is 2.16. The van der Waals surface area contributed by atoms with E-state index in [1.165, 1.54) is 0 Å². The summed E-state index contributed by atoms with van der Waals surface area (Å²) in [5, 5.41) is 0. The minimum Gasteiger partial charge on any atom is -0.481 e. The van der Waals surface area contributed by atoms with Crippen LogP contribution in [0.4, 0.5) is 0 Å². The van der Waals surface area contributed by atoms with Crippen LogP contribution < -0.4 is 15.6 Å². The number of hydrogen-bond donors (Lipinski definition) is 2. The van der Waals surface area contributed by atoms with Crippen molar-refractivity contribution in [3.63, 3.8) is 0 Å². The predicted octanol–water partition coefficient (Wildman–Crippen LogP) is 3.39. The smallest absolute Gasteiger partial charge is 0.279 e. The van der Waals surface area contributed by atoms with Crippen molar-refractivity contribution in [2.75, 3.05) is 0 Å². The van der Waals surface area contributed by atoms with Crippen molar-refractivity contribution in [2.45, 2.75) is 13.0 Å². The molecule has 0 aliphatic rings. The first-order valence-electron chi connectivity index (χ1n) is 6.23. The maximum atomic E-state index is 11.9. The Bertz CT molecular complexity index is 692. The number of benzene rings is 1. The van der Waals surface area contributed by atoms with Crippen molar-refractivity contribution in [2.24, 2.45) is 0 Å². The van der Waals surface area contributed by atoms with Crippen LogP contribution in [0.3, 0.4) is 0 Å². The molecule has 0 spiro atoms. The Labute approximate surface area is 144 Å². The highest BCUT2D eigenvalue weighted by atomic mass is 79.9. The molecule has 2 N–H and O–H groups in total. The molecule has 2 aromatic rings. The molecule has 0 unspecified atom stereocenters. The molecule has 0 aliphatic heterocycles. The van der Waals surface area contributed by atoms with Crippen LogP contribution in [0.15, 0.2) is 40.9 Å². The highest BCUT2D eigenvalue weighted by Crippen LogP contribution is 2.21. The summed E-state index contributed by atoms with van der Waals surface area (Å²) in [4.78, 5) is 24.1. The summed E-state index contributed by atoms with van der Waals surface area (Å²) in [6.45, 7) is 1.59. The van der Waals surface area contributed by atoms with Gasteiger partial charge in [0.25, 0.3) is 11.8 Å². The number of amides is 2. The molecule has 116 valence electrons. The third kappa shape index (κ3) is 4.72. The van der Waals surface area contributed by atoms with Crippen LogP contribution in [0.1, 0.15) is 16.6 Å². The highest BCUT2D eigenvalue weighted by molar-refractivity contribution is 9.10. The Kier molecular flexibility index (Phi) is 5.82. The lowest BCUT2D eigenvalue weighted by atomic mass is 10.3. The zero-order valence-electron chi connectivity index (χ0n) is 11.4. The fourth-order valence-corrected chi connectivity index (χ4v) is 2.83. The number of hydrazine groups is 1. The minimum atomic E-state index is -0.762. The van der Waals surface area contributed by atoms with E-state index in [0.717, 1.165) is 15.8 Å². The van der Waals surface area contributed by atoms with Crippen molar-refractivity contribution in [1.82, 2.24) is 10.9 Å². The lowest BCUT2D eigenvalue weighted by Crippen LogP contribution is -2.47. The summed E-state index contributed by atoms with van der Waals surface area (Å²) >= 11 is 10.2. The molecular formula is C14H12BrClN2O3S. The number of rotatable bonds is 4. The molecule has 1 heterocycles. The van der Waals surface area contributed by atoms with Crippen molar-refractivity contribution in [3.8, 4) is 5.75 Å². The summed E-state index contributed by atoms with van der Waals surface area (Å²) in [6, 6.07) is 10.3. The van der Waals surface area contributed by atoms with Gasteiger partial charge in [0.05, 0.1) is 9.21 Å². The first-order valence-corrected chi connectivity index (χ1v) is 8.22. The van der Waals surface area contributed by atoms with Crippen LogP contribution in [0, 0.1) is 0 Å². The van der Waals surface area contributed by atoms with Gasteiger partial charge in [0.15, 0.2) is 6.10 Å². The van der Waals surface area contributed by atoms with Crippen LogP contribution in [0.5, 0.6) is 5.75 Å². The monoisotopic (exact) mass is 402 g/mol. The standard InChI is InChI=1S/C14H12BrClN2O3S/c1-8(21-10-4-2-3-9(15)7-10)13(19)17-18-14(20)11-5-6-12(16)22-11/h2-8H,1H3,(H,17,19)(H,18,20)/t8-/m0/s1. The van der Waals surface area contributed by atoms with Crippen molar-refractivity contribution in [1.29, 1.82) is 0 Å². The molecule has 0 saturated carbocycles. The quantitative estimate of drug-likeness (QED) is 0.769.